The van der Waals surface area contributed by atoms with Crippen molar-refractivity contribution in [3.8, 4) is 11.6 Å². The zero-order valence-corrected chi connectivity index (χ0v) is 18.5. The van der Waals surface area contributed by atoms with Crippen LogP contribution in [0.4, 0.5) is 13.2 Å². The molecule has 1 saturated carbocycles. The lowest BCUT2D eigenvalue weighted by Gasteiger charge is -2.26. The van der Waals surface area contributed by atoms with Gasteiger partial charge >= 0.3 is 6.18 Å². The van der Waals surface area contributed by atoms with Crippen LogP contribution in [0.15, 0.2) is 24.3 Å². The van der Waals surface area contributed by atoms with E-state index in [0.29, 0.717) is 42.7 Å². The molecule has 8 nitrogen and oxygen atoms in total. The number of ether oxygens (including phenoxy) is 4. The van der Waals surface area contributed by atoms with Crippen molar-refractivity contribution >= 4 is 5.91 Å². The second-order valence-electron chi connectivity index (χ2n) is 9.01. The van der Waals surface area contributed by atoms with Crippen molar-refractivity contribution in [2.75, 3.05) is 26.4 Å². The number of aromatic nitrogens is 2. The van der Waals surface area contributed by atoms with E-state index in [2.05, 4.69) is 10.4 Å². The first kappa shape index (κ1) is 23.0. The minimum Gasteiger partial charge on any atom is -0.491 e. The minimum absolute atomic E-state index is 0.101. The van der Waals surface area contributed by atoms with E-state index in [1.807, 2.05) is 0 Å². The van der Waals surface area contributed by atoms with Gasteiger partial charge in [-0.25, -0.2) is 4.68 Å². The Morgan fingerprint density at radius 1 is 1.21 bits per heavy atom. The van der Waals surface area contributed by atoms with Crippen LogP contribution >= 0.6 is 0 Å². The molecular weight excluding hydrogens is 455 g/mol. The third-order valence-electron chi connectivity index (χ3n) is 5.89. The molecule has 3 aliphatic rings. The van der Waals surface area contributed by atoms with Crippen LogP contribution in [0.1, 0.15) is 34.5 Å². The van der Waals surface area contributed by atoms with Gasteiger partial charge < -0.3 is 24.3 Å². The standard InChI is InChI=1S/C23H26F3N3O5/c24-23(25,26)13-32-10-15-3-4-20-16(5-15)6-17(11-33-20)27-22(30)19-7-21-29(28-19)8-18(34-21)12-31-9-14-1-2-14/h3-5,7,14,17-18H,1-2,6,8-13H2,(H,27,30). The van der Waals surface area contributed by atoms with Gasteiger partial charge in [0.2, 0.25) is 5.88 Å². The fourth-order valence-corrected chi connectivity index (χ4v) is 4.05. The van der Waals surface area contributed by atoms with E-state index in [9.17, 15) is 18.0 Å². The van der Waals surface area contributed by atoms with Crippen molar-refractivity contribution in [3.05, 3.63) is 41.1 Å². The van der Waals surface area contributed by atoms with Crippen LogP contribution in [-0.2, 0) is 29.0 Å². The molecule has 1 aromatic heterocycles. The summed E-state index contributed by atoms with van der Waals surface area (Å²) in [7, 11) is 0. The predicted octanol–water partition coefficient (Wildman–Crippen LogP) is 2.88. The molecule has 184 valence electrons. The summed E-state index contributed by atoms with van der Waals surface area (Å²) in [4.78, 5) is 12.7. The number of amides is 1. The Balaban J connectivity index is 1.12. The van der Waals surface area contributed by atoms with Crippen molar-refractivity contribution in [1.29, 1.82) is 0 Å². The molecule has 1 N–H and O–H groups in total. The van der Waals surface area contributed by atoms with E-state index < -0.39 is 12.8 Å². The van der Waals surface area contributed by atoms with Crippen LogP contribution in [0.5, 0.6) is 11.6 Å². The topological polar surface area (TPSA) is 83.8 Å². The second-order valence-corrected chi connectivity index (χ2v) is 9.01. The molecule has 5 rings (SSSR count). The zero-order chi connectivity index (χ0) is 23.7. The monoisotopic (exact) mass is 481 g/mol. The zero-order valence-electron chi connectivity index (χ0n) is 18.5. The smallest absolute Gasteiger partial charge is 0.411 e. The molecule has 11 heteroatoms. The lowest BCUT2D eigenvalue weighted by molar-refractivity contribution is -0.176. The number of halogens is 3. The summed E-state index contributed by atoms with van der Waals surface area (Å²) < 4.78 is 60.5. The van der Waals surface area contributed by atoms with E-state index in [1.165, 1.54) is 12.8 Å². The number of fused-ring (bicyclic) bond motifs is 2. The van der Waals surface area contributed by atoms with Crippen LogP contribution in [0.25, 0.3) is 0 Å². The molecule has 1 aromatic carbocycles. The normalized spacial score (nSPS) is 21.4. The van der Waals surface area contributed by atoms with Crippen molar-refractivity contribution in [3.63, 3.8) is 0 Å². The summed E-state index contributed by atoms with van der Waals surface area (Å²) in [6.45, 7) is 0.635. The van der Waals surface area contributed by atoms with E-state index in [4.69, 9.17) is 18.9 Å². The van der Waals surface area contributed by atoms with Crippen LogP contribution < -0.4 is 14.8 Å². The number of rotatable bonds is 9. The van der Waals surface area contributed by atoms with Gasteiger partial charge in [-0.3, -0.25) is 4.79 Å². The highest BCUT2D eigenvalue weighted by molar-refractivity contribution is 5.92. The molecule has 0 saturated heterocycles. The van der Waals surface area contributed by atoms with E-state index in [0.717, 1.165) is 12.2 Å². The SMILES string of the molecule is O=C(NC1COc2ccc(COCC(F)(F)F)cc2C1)c1cc2n(n1)CC(COCC1CC1)O2. The largest absolute Gasteiger partial charge is 0.491 e. The molecule has 0 spiro atoms. The molecule has 34 heavy (non-hydrogen) atoms. The van der Waals surface area contributed by atoms with Crippen molar-refractivity contribution in [1.82, 2.24) is 15.1 Å². The quantitative estimate of drug-likeness (QED) is 0.593. The van der Waals surface area contributed by atoms with Gasteiger partial charge in [-0.15, -0.1) is 0 Å². The number of alkyl halides is 3. The average Bonchev–Trinajstić information content (AvgIpc) is 3.39. The number of carbonyl (C=O) groups is 1. The number of hydrogen-bond acceptors (Lipinski definition) is 6. The predicted molar refractivity (Wildman–Crippen MR) is 113 cm³/mol. The molecule has 2 aliphatic heterocycles. The fraction of sp³-hybridized carbons (Fsp3) is 0.565. The van der Waals surface area contributed by atoms with Gasteiger partial charge in [-0.1, -0.05) is 6.07 Å². The third kappa shape index (κ3) is 5.82. The Hall–Kier alpha value is -2.79. The Morgan fingerprint density at radius 2 is 2.06 bits per heavy atom. The lowest BCUT2D eigenvalue weighted by atomic mass is 10.0. The number of nitrogens with one attached hydrogen (secondary N) is 1. The first-order valence-electron chi connectivity index (χ1n) is 11.3. The van der Waals surface area contributed by atoms with Crippen molar-refractivity contribution in [2.24, 2.45) is 5.92 Å². The van der Waals surface area contributed by atoms with Gasteiger partial charge in [0.05, 0.1) is 25.8 Å². The van der Waals surface area contributed by atoms with Gasteiger partial charge in [-0.2, -0.15) is 18.3 Å². The first-order valence-corrected chi connectivity index (χ1v) is 11.3. The maximum absolute atomic E-state index is 12.7. The molecule has 2 atom stereocenters. The molecule has 1 fully saturated rings. The Morgan fingerprint density at radius 3 is 2.82 bits per heavy atom. The highest BCUT2D eigenvalue weighted by Gasteiger charge is 2.30. The maximum Gasteiger partial charge on any atom is 0.411 e. The van der Waals surface area contributed by atoms with Gasteiger partial charge in [0.15, 0.2) is 5.69 Å². The Labute approximate surface area is 194 Å². The first-order chi connectivity index (χ1) is 16.3. The number of hydrogen-bond donors (Lipinski definition) is 1. The molecule has 0 radical (unpaired) electrons. The van der Waals surface area contributed by atoms with Gasteiger partial charge in [0.1, 0.15) is 25.1 Å². The molecule has 2 aromatic rings. The number of nitrogens with zero attached hydrogens (tertiary/aromatic N) is 2. The Kier molecular flexibility index (Phi) is 6.39. The van der Waals surface area contributed by atoms with Gasteiger partial charge in [-0.05, 0) is 48.4 Å². The molecular formula is C23H26F3N3O5. The second kappa shape index (κ2) is 9.46. The summed E-state index contributed by atoms with van der Waals surface area (Å²) >= 11 is 0. The fourth-order valence-electron chi connectivity index (χ4n) is 4.05. The summed E-state index contributed by atoms with van der Waals surface area (Å²) in [6, 6.07) is 6.44. The average molecular weight is 481 g/mol. The molecule has 2 unspecified atom stereocenters. The van der Waals surface area contributed by atoms with Gasteiger partial charge in [0, 0.05) is 12.7 Å². The highest BCUT2D eigenvalue weighted by Crippen LogP contribution is 2.30. The van der Waals surface area contributed by atoms with Crippen LogP contribution in [-0.4, -0.2) is 60.4 Å². The van der Waals surface area contributed by atoms with E-state index >= 15 is 0 Å². The molecule has 1 amide bonds. The van der Waals surface area contributed by atoms with E-state index in [-0.39, 0.29) is 37.0 Å². The van der Waals surface area contributed by atoms with E-state index in [1.54, 1.807) is 28.9 Å². The van der Waals surface area contributed by atoms with Crippen LogP contribution in [0.2, 0.25) is 0 Å². The summed E-state index contributed by atoms with van der Waals surface area (Å²) in [6.07, 6.45) is -1.51. The van der Waals surface area contributed by atoms with Crippen LogP contribution in [0, 0.1) is 5.92 Å². The van der Waals surface area contributed by atoms with Gasteiger partial charge in [0.25, 0.3) is 5.91 Å². The number of carbonyl (C=O) groups excluding carboxylic acids is 1. The number of benzene rings is 1. The summed E-state index contributed by atoms with van der Waals surface area (Å²) in [5.74, 6) is 1.54. The summed E-state index contributed by atoms with van der Waals surface area (Å²) in [5.41, 5.74) is 1.67. The molecule has 3 heterocycles. The van der Waals surface area contributed by atoms with Crippen molar-refractivity contribution < 1.29 is 36.9 Å². The highest BCUT2D eigenvalue weighted by atomic mass is 19.4. The van der Waals surface area contributed by atoms with Crippen LogP contribution in [0.3, 0.4) is 0 Å². The Bertz CT molecular complexity index is 1010. The minimum atomic E-state index is -4.37. The third-order valence-corrected chi connectivity index (χ3v) is 5.89. The maximum atomic E-state index is 12.7. The summed E-state index contributed by atoms with van der Waals surface area (Å²) in [5, 5.41) is 7.26. The molecule has 0 bridgehead atoms. The van der Waals surface area contributed by atoms with Crippen molar-refractivity contribution in [2.45, 2.75) is 50.7 Å². The lowest BCUT2D eigenvalue weighted by Crippen LogP contribution is -2.43. The molecule has 1 aliphatic carbocycles.